The smallest absolute Gasteiger partial charge is 0.0716 e. The van der Waals surface area contributed by atoms with Crippen LogP contribution in [0.4, 0.5) is 0 Å². The maximum atomic E-state index is 5.52. The first-order chi connectivity index (χ1) is 6.43. The van der Waals surface area contributed by atoms with Gasteiger partial charge < -0.3 is 4.74 Å². The molecule has 0 N–H and O–H groups in total. The SMILES string of the molecule is CCCCCOCc1ccccc1. The fourth-order valence-electron chi connectivity index (χ4n) is 1.22. The van der Waals surface area contributed by atoms with Gasteiger partial charge in [-0.2, -0.15) is 0 Å². The van der Waals surface area contributed by atoms with E-state index in [1.54, 1.807) is 0 Å². The molecule has 0 saturated heterocycles. The Morgan fingerprint density at radius 2 is 1.85 bits per heavy atom. The summed E-state index contributed by atoms with van der Waals surface area (Å²) < 4.78 is 5.52. The Labute approximate surface area is 80.7 Å². The molecule has 0 bridgehead atoms. The number of rotatable bonds is 6. The molecule has 0 aliphatic heterocycles. The fourth-order valence-corrected chi connectivity index (χ4v) is 1.22. The molecule has 0 heterocycles. The highest BCUT2D eigenvalue weighted by atomic mass is 16.5. The average Bonchev–Trinajstić information content (AvgIpc) is 2.19. The Bertz CT molecular complexity index is 206. The molecule has 0 atom stereocenters. The minimum atomic E-state index is 0.755. The average molecular weight is 178 g/mol. The molecule has 72 valence electrons. The molecular weight excluding hydrogens is 160 g/mol. The largest absolute Gasteiger partial charge is 0.377 e. The van der Waals surface area contributed by atoms with E-state index in [4.69, 9.17) is 4.74 Å². The van der Waals surface area contributed by atoms with Gasteiger partial charge in [0.1, 0.15) is 0 Å². The van der Waals surface area contributed by atoms with E-state index in [9.17, 15) is 0 Å². The first-order valence-electron chi connectivity index (χ1n) is 5.05. The summed E-state index contributed by atoms with van der Waals surface area (Å²) in [6, 6.07) is 10.3. The van der Waals surface area contributed by atoms with E-state index in [0.29, 0.717) is 0 Å². The third-order valence-corrected chi connectivity index (χ3v) is 2.00. The number of hydrogen-bond donors (Lipinski definition) is 0. The standard InChI is InChI=1S/C12H18O/c1-2-3-7-10-13-11-12-8-5-4-6-9-12/h4-6,8-9H,2-3,7,10-11H2,1H3. The summed E-state index contributed by atoms with van der Waals surface area (Å²) in [7, 11) is 0. The van der Waals surface area contributed by atoms with E-state index in [-0.39, 0.29) is 0 Å². The van der Waals surface area contributed by atoms with Crippen LogP contribution < -0.4 is 0 Å². The van der Waals surface area contributed by atoms with Crippen LogP contribution in [-0.2, 0) is 11.3 Å². The van der Waals surface area contributed by atoms with Crippen molar-refractivity contribution >= 4 is 0 Å². The van der Waals surface area contributed by atoms with Gasteiger partial charge >= 0.3 is 0 Å². The van der Waals surface area contributed by atoms with Crippen molar-refractivity contribution in [1.82, 2.24) is 0 Å². The highest BCUT2D eigenvalue weighted by Gasteiger charge is 1.90. The molecule has 0 unspecified atom stereocenters. The lowest BCUT2D eigenvalue weighted by Crippen LogP contribution is -1.94. The van der Waals surface area contributed by atoms with Gasteiger partial charge in [-0.15, -0.1) is 0 Å². The molecule has 0 amide bonds. The maximum Gasteiger partial charge on any atom is 0.0716 e. The van der Waals surface area contributed by atoms with Crippen LogP contribution in [0.25, 0.3) is 0 Å². The zero-order valence-corrected chi connectivity index (χ0v) is 8.33. The van der Waals surface area contributed by atoms with Gasteiger partial charge in [0.25, 0.3) is 0 Å². The molecule has 1 rings (SSSR count). The molecule has 0 radical (unpaired) electrons. The summed E-state index contributed by atoms with van der Waals surface area (Å²) in [6.07, 6.45) is 3.72. The van der Waals surface area contributed by atoms with Crippen LogP contribution in [0.2, 0.25) is 0 Å². The van der Waals surface area contributed by atoms with E-state index in [2.05, 4.69) is 19.1 Å². The lowest BCUT2D eigenvalue weighted by atomic mass is 10.2. The van der Waals surface area contributed by atoms with Crippen molar-refractivity contribution in [3.8, 4) is 0 Å². The van der Waals surface area contributed by atoms with Crippen LogP contribution in [0, 0.1) is 0 Å². The minimum Gasteiger partial charge on any atom is -0.377 e. The van der Waals surface area contributed by atoms with Gasteiger partial charge in [-0.1, -0.05) is 50.1 Å². The van der Waals surface area contributed by atoms with Crippen molar-refractivity contribution in [2.45, 2.75) is 32.8 Å². The minimum absolute atomic E-state index is 0.755. The summed E-state index contributed by atoms with van der Waals surface area (Å²) in [5.41, 5.74) is 1.26. The summed E-state index contributed by atoms with van der Waals surface area (Å²) >= 11 is 0. The second-order valence-electron chi connectivity index (χ2n) is 3.25. The summed E-state index contributed by atoms with van der Waals surface area (Å²) in [5, 5.41) is 0. The highest BCUT2D eigenvalue weighted by Crippen LogP contribution is 2.01. The molecule has 0 aromatic heterocycles. The van der Waals surface area contributed by atoms with Crippen LogP contribution >= 0.6 is 0 Å². The van der Waals surface area contributed by atoms with Crippen molar-refractivity contribution in [1.29, 1.82) is 0 Å². The predicted octanol–water partition coefficient (Wildman–Crippen LogP) is 3.39. The Morgan fingerprint density at radius 3 is 2.54 bits per heavy atom. The van der Waals surface area contributed by atoms with Gasteiger partial charge in [0, 0.05) is 6.61 Å². The van der Waals surface area contributed by atoms with E-state index in [0.717, 1.165) is 13.2 Å². The zero-order chi connectivity index (χ0) is 9.36. The molecule has 13 heavy (non-hydrogen) atoms. The third-order valence-electron chi connectivity index (χ3n) is 2.00. The summed E-state index contributed by atoms with van der Waals surface area (Å²) in [4.78, 5) is 0. The summed E-state index contributed by atoms with van der Waals surface area (Å²) in [5.74, 6) is 0. The van der Waals surface area contributed by atoms with Crippen molar-refractivity contribution in [2.75, 3.05) is 6.61 Å². The molecule has 0 aliphatic rings. The molecule has 0 saturated carbocycles. The Balaban J connectivity index is 2.07. The monoisotopic (exact) mass is 178 g/mol. The number of ether oxygens (including phenoxy) is 1. The molecule has 1 aromatic rings. The third kappa shape index (κ3) is 4.69. The van der Waals surface area contributed by atoms with Gasteiger partial charge in [0.15, 0.2) is 0 Å². The van der Waals surface area contributed by atoms with E-state index in [1.165, 1.54) is 24.8 Å². The van der Waals surface area contributed by atoms with Gasteiger partial charge in [0.05, 0.1) is 6.61 Å². The van der Waals surface area contributed by atoms with Gasteiger partial charge in [-0.05, 0) is 12.0 Å². The van der Waals surface area contributed by atoms with Crippen LogP contribution in [0.3, 0.4) is 0 Å². The molecule has 0 spiro atoms. The number of unbranched alkanes of at least 4 members (excludes halogenated alkanes) is 2. The van der Waals surface area contributed by atoms with Crippen LogP contribution in [0.1, 0.15) is 31.7 Å². The highest BCUT2D eigenvalue weighted by molar-refractivity contribution is 5.13. The van der Waals surface area contributed by atoms with Crippen molar-refractivity contribution in [2.24, 2.45) is 0 Å². The Morgan fingerprint density at radius 1 is 1.08 bits per heavy atom. The van der Waals surface area contributed by atoms with E-state index in [1.807, 2.05) is 18.2 Å². The normalized spacial score (nSPS) is 10.2. The quantitative estimate of drug-likeness (QED) is 0.607. The zero-order valence-electron chi connectivity index (χ0n) is 8.33. The molecule has 1 heteroatoms. The van der Waals surface area contributed by atoms with Crippen LogP contribution in [0.5, 0.6) is 0 Å². The fraction of sp³-hybridized carbons (Fsp3) is 0.500. The first-order valence-corrected chi connectivity index (χ1v) is 5.05. The lowest BCUT2D eigenvalue weighted by molar-refractivity contribution is 0.117. The number of benzene rings is 1. The molecule has 1 aromatic carbocycles. The molecule has 0 fully saturated rings. The molecule has 1 nitrogen and oxygen atoms in total. The van der Waals surface area contributed by atoms with Gasteiger partial charge in [-0.25, -0.2) is 0 Å². The topological polar surface area (TPSA) is 9.23 Å². The van der Waals surface area contributed by atoms with Gasteiger partial charge in [-0.3, -0.25) is 0 Å². The predicted molar refractivity (Wildman–Crippen MR) is 55.6 cm³/mol. The molecule has 0 aliphatic carbocycles. The second-order valence-corrected chi connectivity index (χ2v) is 3.25. The Hall–Kier alpha value is -0.820. The van der Waals surface area contributed by atoms with E-state index >= 15 is 0 Å². The molecular formula is C12H18O. The van der Waals surface area contributed by atoms with Crippen molar-refractivity contribution in [3.05, 3.63) is 35.9 Å². The van der Waals surface area contributed by atoms with Crippen LogP contribution in [-0.4, -0.2) is 6.61 Å². The lowest BCUT2D eigenvalue weighted by Gasteiger charge is -2.02. The van der Waals surface area contributed by atoms with Crippen molar-refractivity contribution < 1.29 is 4.74 Å². The maximum absolute atomic E-state index is 5.52. The Kier molecular flexibility index (Phi) is 5.27. The first kappa shape index (κ1) is 10.3. The second kappa shape index (κ2) is 6.67. The summed E-state index contributed by atoms with van der Waals surface area (Å²) in [6.45, 7) is 3.85. The van der Waals surface area contributed by atoms with Gasteiger partial charge in [0.2, 0.25) is 0 Å². The van der Waals surface area contributed by atoms with E-state index < -0.39 is 0 Å². The van der Waals surface area contributed by atoms with Crippen LogP contribution in [0.15, 0.2) is 30.3 Å². The van der Waals surface area contributed by atoms with Crippen molar-refractivity contribution in [3.63, 3.8) is 0 Å². The number of hydrogen-bond acceptors (Lipinski definition) is 1.